The summed E-state index contributed by atoms with van der Waals surface area (Å²) in [5.74, 6) is 0.188. The number of carbonyl (C=O) groups is 1. The van der Waals surface area contributed by atoms with Gasteiger partial charge < -0.3 is 5.11 Å². The molecule has 0 radical (unpaired) electrons. The molecule has 0 spiro atoms. The fraction of sp³-hybridized carbons (Fsp3) is 0.889. The first-order valence-electron chi connectivity index (χ1n) is 4.36. The zero-order valence-corrected chi connectivity index (χ0v) is 7.47. The average Bonchev–Trinajstić information content (AvgIpc) is 1.86. The third-order valence-corrected chi connectivity index (χ3v) is 1.58. The van der Waals surface area contributed by atoms with Crippen LogP contribution in [0.4, 0.5) is 0 Å². The van der Waals surface area contributed by atoms with E-state index in [1.165, 1.54) is 0 Å². The predicted molar refractivity (Wildman–Crippen MR) is 45.4 cm³/mol. The van der Waals surface area contributed by atoms with Crippen LogP contribution in [0.5, 0.6) is 0 Å². The Balaban J connectivity index is 3.23. The fourth-order valence-corrected chi connectivity index (χ4v) is 1.00. The van der Waals surface area contributed by atoms with Gasteiger partial charge in [0.05, 0.1) is 6.10 Å². The number of ketones is 1. The van der Waals surface area contributed by atoms with Crippen molar-refractivity contribution in [2.45, 2.75) is 52.1 Å². The number of rotatable bonds is 6. The smallest absolute Gasteiger partial charge is 0.135 e. The molecular formula is C9H18O2. The monoisotopic (exact) mass is 158 g/mol. The maximum absolute atomic E-state index is 11.0. The second-order valence-corrected chi connectivity index (χ2v) is 3.05. The Labute approximate surface area is 68.6 Å². The lowest BCUT2D eigenvalue weighted by molar-refractivity contribution is -0.120. The Kier molecular flexibility index (Phi) is 6.13. The molecule has 0 rings (SSSR count). The van der Waals surface area contributed by atoms with Crippen molar-refractivity contribution in [2.24, 2.45) is 0 Å². The Morgan fingerprint density at radius 2 is 2.09 bits per heavy atom. The lowest BCUT2D eigenvalue weighted by Gasteiger charge is -2.01. The van der Waals surface area contributed by atoms with Crippen LogP contribution in [0.3, 0.4) is 0 Å². The summed E-state index contributed by atoms with van der Waals surface area (Å²) in [5.41, 5.74) is 0. The first kappa shape index (κ1) is 10.6. The van der Waals surface area contributed by atoms with E-state index in [9.17, 15) is 4.79 Å². The Morgan fingerprint density at radius 3 is 2.55 bits per heavy atom. The number of carbonyl (C=O) groups excluding carboxylic acids is 1. The van der Waals surface area contributed by atoms with Gasteiger partial charge in [0.2, 0.25) is 0 Å². The van der Waals surface area contributed by atoms with Gasteiger partial charge in [-0.2, -0.15) is 0 Å². The minimum absolute atomic E-state index is 0.188. The Bertz CT molecular complexity index is 108. The zero-order chi connectivity index (χ0) is 8.69. The summed E-state index contributed by atoms with van der Waals surface area (Å²) >= 11 is 0. The molecule has 2 heteroatoms. The third kappa shape index (κ3) is 7.53. The highest BCUT2D eigenvalue weighted by Crippen LogP contribution is 2.03. The van der Waals surface area contributed by atoms with Crippen molar-refractivity contribution in [1.82, 2.24) is 0 Å². The normalized spacial score (nSPS) is 13.0. The van der Waals surface area contributed by atoms with Crippen LogP contribution < -0.4 is 0 Å². The number of aliphatic hydroxyl groups is 1. The van der Waals surface area contributed by atoms with Crippen molar-refractivity contribution in [3.63, 3.8) is 0 Å². The van der Waals surface area contributed by atoms with Crippen LogP contribution in [-0.2, 0) is 4.79 Å². The van der Waals surface area contributed by atoms with E-state index in [4.69, 9.17) is 5.11 Å². The van der Waals surface area contributed by atoms with Gasteiger partial charge in [0.25, 0.3) is 0 Å². The van der Waals surface area contributed by atoms with Crippen LogP contribution in [0.15, 0.2) is 0 Å². The van der Waals surface area contributed by atoms with E-state index in [0.29, 0.717) is 12.8 Å². The van der Waals surface area contributed by atoms with Gasteiger partial charge in [0, 0.05) is 12.8 Å². The van der Waals surface area contributed by atoms with Crippen LogP contribution >= 0.6 is 0 Å². The molecule has 0 aromatic heterocycles. The van der Waals surface area contributed by atoms with Crippen molar-refractivity contribution in [1.29, 1.82) is 0 Å². The van der Waals surface area contributed by atoms with Crippen molar-refractivity contribution in [3.05, 3.63) is 0 Å². The van der Waals surface area contributed by atoms with Crippen LogP contribution in [-0.4, -0.2) is 17.0 Å². The van der Waals surface area contributed by atoms with E-state index >= 15 is 0 Å². The van der Waals surface area contributed by atoms with Crippen molar-refractivity contribution in [3.8, 4) is 0 Å². The lowest BCUT2D eigenvalue weighted by atomic mass is 10.1. The molecule has 1 N–H and O–H groups in total. The van der Waals surface area contributed by atoms with Crippen LogP contribution in [0.25, 0.3) is 0 Å². The molecule has 2 nitrogen and oxygen atoms in total. The number of hydrogen-bond acceptors (Lipinski definition) is 2. The molecule has 0 saturated carbocycles. The molecule has 0 fully saturated rings. The highest BCUT2D eigenvalue weighted by Gasteiger charge is 2.04. The van der Waals surface area contributed by atoms with Gasteiger partial charge in [-0.3, -0.25) is 4.79 Å². The van der Waals surface area contributed by atoms with Crippen LogP contribution in [0.1, 0.15) is 46.0 Å². The number of unbranched alkanes of at least 4 members (excludes halogenated alkanes) is 2. The first-order valence-corrected chi connectivity index (χ1v) is 4.36. The molecule has 0 saturated heterocycles. The third-order valence-electron chi connectivity index (χ3n) is 1.58. The highest BCUT2D eigenvalue weighted by atomic mass is 16.3. The molecule has 1 atom stereocenters. The highest BCUT2D eigenvalue weighted by molar-refractivity contribution is 5.78. The van der Waals surface area contributed by atoms with E-state index in [1.807, 2.05) is 0 Å². The second-order valence-electron chi connectivity index (χ2n) is 3.05. The summed E-state index contributed by atoms with van der Waals surface area (Å²) in [6.45, 7) is 3.76. The lowest BCUT2D eigenvalue weighted by Crippen LogP contribution is -2.08. The van der Waals surface area contributed by atoms with Crippen LogP contribution in [0.2, 0.25) is 0 Å². The molecule has 66 valence electrons. The summed E-state index contributed by atoms with van der Waals surface area (Å²) in [5, 5.41) is 8.86. The van der Waals surface area contributed by atoms with Gasteiger partial charge in [0.15, 0.2) is 0 Å². The molecule has 11 heavy (non-hydrogen) atoms. The topological polar surface area (TPSA) is 37.3 Å². The van der Waals surface area contributed by atoms with Gasteiger partial charge in [0.1, 0.15) is 5.78 Å². The minimum Gasteiger partial charge on any atom is -0.393 e. The van der Waals surface area contributed by atoms with Gasteiger partial charge in [-0.25, -0.2) is 0 Å². The summed E-state index contributed by atoms with van der Waals surface area (Å²) in [6, 6.07) is 0. The Morgan fingerprint density at radius 1 is 1.45 bits per heavy atom. The van der Waals surface area contributed by atoms with Gasteiger partial charge >= 0.3 is 0 Å². The van der Waals surface area contributed by atoms with E-state index in [0.717, 1.165) is 19.3 Å². The maximum Gasteiger partial charge on any atom is 0.135 e. The van der Waals surface area contributed by atoms with E-state index < -0.39 is 6.10 Å². The minimum atomic E-state index is -0.468. The SMILES string of the molecule is CCCCCC(=O)CC(C)O. The summed E-state index contributed by atoms with van der Waals surface area (Å²) < 4.78 is 0. The average molecular weight is 158 g/mol. The molecule has 0 aromatic carbocycles. The summed E-state index contributed by atoms with van der Waals surface area (Å²) in [4.78, 5) is 11.0. The molecule has 0 amide bonds. The first-order chi connectivity index (χ1) is 5.16. The number of hydrogen-bond donors (Lipinski definition) is 1. The van der Waals surface area contributed by atoms with Crippen molar-refractivity contribution in [2.75, 3.05) is 0 Å². The number of aliphatic hydroxyl groups excluding tert-OH is 1. The molecule has 1 unspecified atom stereocenters. The standard InChI is InChI=1S/C9H18O2/c1-3-4-5-6-9(11)7-8(2)10/h8,10H,3-7H2,1-2H3. The largest absolute Gasteiger partial charge is 0.393 e. The maximum atomic E-state index is 11.0. The molecular weight excluding hydrogens is 140 g/mol. The quantitative estimate of drug-likeness (QED) is 0.599. The van der Waals surface area contributed by atoms with Crippen molar-refractivity contribution < 1.29 is 9.90 Å². The molecule has 0 aromatic rings. The fourth-order valence-electron chi connectivity index (χ4n) is 1.00. The summed E-state index contributed by atoms with van der Waals surface area (Å²) in [7, 11) is 0. The summed E-state index contributed by atoms with van der Waals surface area (Å²) in [6.07, 6.45) is 3.72. The molecule has 0 aliphatic carbocycles. The van der Waals surface area contributed by atoms with Crippen molar-refractivity contribution >= 4 is 5.78 Å². The Hall–Kier alpha value is -0.370. The van der Waals surface area contributed by atoms with E-state index in [2.05, 4.69) is 6.92 Å². The molecule has 0 aliphatic heterocycles. The molecule has 0 bridgehead atoms. The van der Waals surface area contributed by atoms with E-state index in [-0.39, 0.29) is 5.78 Å². The van der Waals surface area contributed by atoms with Gasteiger partial charge in [-0.05, 0) is 13.3 Å². The van der Waals surface area contributed by atoms with Gasteiger partial charge in [-0.15, -0.1) is 0 Å². The molecule has 0 aliphatic rings. The molecule has 0 heterocycles. The van der Waals surface area contributed by atoms with Gasteiger partial charge in [-0.1, -0.05) is 19.8 Å². The predicted octanol–water partition coefficient (Wildman–Crippen LogP) is 1.91. The number of Topliss-reactive ketones (excluding diaryl/α,β-unsaturated/α-hetero) is 1. The zero-order valence-electron chi connectivity index (χ0n) is 7.47. The second kappa shape index (κ2) is 6.35. The van der Waals surface area contributed by atoms with Crippen LogP contribution in [0, 0.1) is 0 Å². The van der Waals surface area contributed by atoms with E-state index in [1.54, 1.807) is 6.92 Å².